The maximum absolute atomic E-state index is 12.2. The highest BCUT2D eigenvalue weighted by molar-refractivity contribution is 7.10. The summed E-state index contributed by atoms with van der Waals surface area (Å²) in [4.78, 5) is 13.6. The molecule has 1 aromatic heterocycles. The van der Waals surface area contributed by atoms with Gasteiger partial charge in [0.1, 0.15) is 5.75 Å². The molecule has 1 saturated heterocycles. The number of benzene rings is 1. The third-order valence-electron chi connectivity index (χ3n) is 4.94. The second-order valence-corrected chi connectivity index (χ2v) is 7.53. The van der Waals surface area contributed by atoms with Crippen LogP contribution in [0, 0.1) is 0 Å². The fraction of sp³-hybridized carbons (Fsp3) is 0.450. The van der Waals surface area contributed by atoms with Crippen molar-refractivity contribution in [1.82, 2.24) is 10.6 Å². The molecule has 0 bridgehead atoms. The van der Waals surface area contributed by atoms with Crippen LogP contribution in [0.4, 0.5) is 4.79 Å². The predicted molar refractivity (Wildman–Crippen MR) is 104 cm³/mol. The molecule has 6 heteroatoms. The minimum atomic E-state index is -0.110. The molecule has 0 aliphatic carbocycles. The monoisotopic (exact) mass is 374 g/mol. The normalized spacial score (nSPS) is 16.0. The van der Waals surface area contributed by atoms with Gasteiger partial charge < -0.3 is 20.1 Å². The summed E-state index contributed by atoms with van der Waals surface area (Å²) in [5.41, 5.74) is 1.17. The number of hydrogen-bond donors (Lipinski definition) is 2. The highest BCUT2D eigenvalue weighted by atomic mass is 32.1. The van der Waals surface area contributed by atoms with E-state index >= 15 is 0 Å². The summed E-state index contributed by atoms with van der Waals surface area (Å²) in [5, 5.41) is 8.12. The zero-order chi connectivity index (χ0) is 18.2. The molecule has 0 radical (unpaired) electrons. The topological polar surface area (TPSA) is 59.6 Å². The lowest BCUT2D eigenvalue weighted by atomic mass is 9.78. The molecule has 26 heavy (non-hydrogen) atoms. The smallest absolute Gasteiger partial charge is 0.314 e. The van der Waals surface area contributed by atoms with E-state index in [0.717, 1.165) is 38.2 Å². The van der Waals surface area contributed by atoms with Gasteiger partial charge in [-0.2, -0.15) is 0 Å². The number of carbonyl (C=O) groups excluding carboxylic acids is 1. The van der Waals surface area contributed by atoms with E-state index in [1.54, 1.807) is 18.4 Å². The standard InChI is InChI=1S/C20H26N2O3S/c1-24-17-6-4-16(5-7-17)8-11-21-19(23)22-15-20(9-12-25-13-10-20)18-3-2-14-26-18/h2-7,14H,8-13,15H2,1H3,(H2,21,22,23). The lowest BCUT2D eigenvalue weighted by molar-refractivity contribution is 0.0519. The average molecular weight is 375 g/mol. The van der Waals surface area contributed by atoms with Gasteiger partial charge in [-0.25, -0.2) is 4.79 Å². The Bertz CT molecular complexity index is 680. The summed E-state index contributed by atoms with van der Waals surface area (Å²) < 4.78 is 10.7. The van der Waals surface area contributed by atoms with Crippen LogP contribution in [-0.4, -0.2) is 39.4 Å². The summed E-state index contributed by atoms with van der Waals surface area (Å²) in [6.45, 7) is 2.75. The Kier molecular flexibility index (Phi) is 6.52. The van der Waals surface area contributed by atoms with Gasteiger partial charge in [-0.1, -0.05) is 18.2 Å². The lowest BCUT2D eigenvalue weighted by Gasteiger charge is -2.36. The molecule has 2 aromatic rings. The maximum Gasteiger partial charge on any atom is 0.314 e. The van der Waals surface area contributed by atoms with Crippen molar-refractivity contribution in [3.8, 4) is 5.75 Å². The average Bonchev–Trinajstić information content (AvgIpc) is 3.23. The molecule has 0 atom stereocenters. The zero-order valence-corrected chi connectivity index (χ0v) is 15.9. The third kappa shape index (κ3) is 4.77. The van der Waals surface area contributed by atoms with Crippen molar-refractivity contribution in [3.63, 3.8) is 0 Å². The van der Waals surface area contributed by atoms with Crippen LogP contribution in [0.5, 0.6) is 5.75 Å². The van der Waals surface area contributed by atoms with E-state index in [9.17, 15) is 4.79 Å². The molecule has 0 saturated carbocycles. The first-order chi connectivity index (χ1) is 12.7. The van der Waals surface area contributed by atoms with Crippen LogP contribution >= 0.6 is 11.3 Å². The van der Waals surface area contributed by atoms with E-state index in [0.29, 0.717) is 13.1 Å². The second kappa shape index (κ2) is 9.05. The van der Waals surface area contributed by atoms with E-state index in [2.05, 4.69) is 28.1 Å². The zero-order valence-electron chi connectivity index (χ0n) is 15.1. The molecule has 2 N–H and O–H groups in total. The SMILES string of the molecule is COc1ccc(CCNC(=O)NCC2(c3cccs3)CCOCC2)cc1. The minimum Gasteiger partial charge on any atom is -0.497 e. The van der Waals surface area contributed by atoms with E-state index in [1.165, 1.54) is 10.4 Å². The Morgan fingerprint density at radius 1 is 1.19 bits per heavy atom. The number of carbonyl (C=O) groups is 1. The fourth-order valence-corrected chi connectivity index (χ4v) is 4.26. The van der Waals surface area contributed by atoms with Gasteiger partial charge in [0.2, 0.25) is 0 Å². The van der Waals surface area contributed by atoms with Crippen LogP contribution in [0.15, 0.2) is 41.8 Å². The molecule has 1 aliphatic heterocycles. The fourth-order valence-electron chi connectivity index (χ4n) is 3.28. The molecule has 0 spiro atoms. The molecule has 0 unspecified atom stereocenters. The summed E-state index contributed by atoms with van der Waals surface area (Å²) >= 11 is 1.76. The Hall–Kier alpha value is -2.05. The first kappa shape index (κ1) is 18.7. The van der Waals surface area contributed by atoms with Crippen LogP contribution in [-0.2, 0) is 16.6 Å². The molecular weight excluding hydrogens is 348 g/mol. The largest absolute Gasteiger partial charge is 0.497 e. The summed E-state index contributed by atoms with van der Waals surface area (Å²) in [6.07, 6.45) is 2.68. The third-order valence-corrected chi connectivity index (χ3v) is 6.06. The van der Waals surface area contributed by atoms with Crippen molar-refractivity contribution in [3.05, 3.63) is 52.2 Å². The van der Waals surface area contributed by atoms with Gasteiger partial charge in [-0.05, 0) is 48.4 Å². The van der Waals surface area contributed by atoms with Crippen LogP contribution in [0.3, 0.4) is 0 Å². The van der Waals surface area contributed by atoms with Crippen molar-refractivity contribution < 1.29 is 14.3 Å². The molecule has 2 amide bonds. The van der Waals surface area contributed by atoms with Crippen LogP contribution in [0.2, 0.25) is 0 Å². The first-order valence-corrected chi connectivity index (χ1v) is 9.86. The summed E-state index contributed by atoms with van der Waals surface area (Å²) in [6, 6.07) is 12.0. The number of amides is 2. The first-order valence-electron chi connectivity index (χ1n) is 8.98. The number of urea groups is 1. The quantitative estimate of drug-likeness (QED) is 0.781. The van der Waals surface area contributed by atoms with E-state index in [4.69, 9.17) is 9.47 Å². The van der Waals surface area contributed by atoms with Gasteiger partial charge in [0.25, 0.3) is 0 Å². The molecular formula is C20H26N2O3S. The highest BCUT2D eigenvalue weighted by Crippen LogP contribution is 2.36. The van der Waals surface area contributed by atoms with Crippen LogP contribution < -0.4 is 15.4 Å². The van der Waals surface area contributed by atoms with E-state index in [-0.39, 0.29) is 11.4 Å². The van der Waals surface area contributed by atoms with Gasteiger partial charge in [-0.15, -0.1) is 11.3 Å². The minimum absolute atomic E-state index is 0.000258. The van der Waals surface area contributed by atoms with Crippen LogP contribution in [0.1, 0.15) is 23.3 Å². The van der Waals surface area contributed by atoms with Gasteiger partial charge in [-0.3, -0.25) is 0 Å². The summed E-state index contributed by atoms with van der Waals surface area (Å²) in [7, 11) is 1.66. The molecule has 3 rings (SSSR count). The second-order valence-electron chi connectivity index (χ2n) is 6.58. The van der Waals surface area contributed by atoms with Crippen molar-refractivity contribution in [2.45, 2.75) is 24.7 Å². The summed E-state index contributed by atoms with van der Waals surface area (Å²) in [5.74, 6) is 0.842. The number of methoxy groups -OCH3 is 1. The van der Waals surface area contributed by atoms with Gasteiger partial charge >= 0.3 is 6.03 Å². The predicted octanol–water partition coefficient (Wildman–Crippen LogP) is 3.35. The van der Waals surface area contributed by atoms with Crippen molar-refractivity contribution in [2.75, 3.05) is 33.4 Å². The maximum atomic E-state index is 12.2. The van der Waals surface area contributed by atoms with Crippen LogP contribution in [0.25, 0.3) is 0 Å². The molecule has 1 aliphatic rings. The molecule has 5 nitrogen and oxygen atoms in total. The number of ether oxygens (including phenoxy) is 2. The van der Waals surface area contributed by atoms with Crippen molar-refractivity contribution in [2.24, 2.45) is 0 Å². The van der Waals surface area contributed by atoms with Crippen molar-refractivity contribution >= 4 is 17.4 Å². The number of thiophene rings is 1. The Morgan fingerprint density at radius 3 is 2.62 bits per heavy atom. The number of hydrogen-bond acceptors (Lipinski definition) is 4. The molecule has 2 heterocycles. The molecule has 1 fully saturated rings. The van der Waals surface area contributed by atoms with Gasteiger partial charge in [0.05, 0.1) is 7.11 Å². The lowest BCUT2D eigenvalue weighted by Crippen LogP contribution is -2.47. The van der Waals surface area contributed by atoms with E-state index in [1.807, 2.05) is 24.3 Å². The van der Waals surface area contributed by atoms with Gasteiger partial charge in [0.15, 0.2) is 0 Å². The van der Waals surface area contributed by atoms with Gasteiger partial charge in [0, 0.05) is 36.6 Å². The molecule has 140 valence electrons. The van der Waals surface area contributed by atoms with Crippen molar-refractivity contribution in [1.29, 1.82) is 0 Å². The van der Waals surface area contributed by atoms with E-state index < -0.39 is 0 Å². The number of rotatable bonds is 7. The highest BCUT2D eigenvalue weighted by Gasteiger charge is 2.35. The Labute approximate surface area is 158 Å². The Balaban J connectivity index is 1.46. The Morgan fingerprint density at radius 2 is 1.96 bits per heavy atom. The number of nitrogens with one attached hydrogen (secondary N) is 2. The molecule has 1 aromatic carbocycles.